The molecule has 0 saturated carbocycles. The van der Waals surface area contributed by atoms with Gasteiger partial charge in [-0.3, -0.25) is 9.38 Å². The molecule has 2 N–H and O–H groups in total. The summed E-state index contributed by atoms with van der Waals surface area (Å²) in [6.07, 6.45) is 7.72. The average Bonchev–Trinajstić information content (AvgIpc) is 3.55. The zero-order valence-electron chi connectivity index (χ0n) is 23.9. The van der Waals surface area contributed by atoms with Crippen molar-refractivity contribution in [3.05, 3.63) is 76.5 Å². The van der Waals surface area contributed by atoms with Gasteiger partial charge >= 0.3 is 5.97 Å². The van der Waals surface area contributed by atoms with Gasteiger partial charge in [-0.2, -0.15) is 0 Å². The van der Waals surface area contributed by atoms with Crippen LogP contribution in [-0.2, 0) is 17.4 Å². The molecule has 9 nitrogen and oxygen atoms in total. The number of aromatic carboxylic acids is 1. The summed E-state index contributed by atoms with van der Waals surface area (Å²) in [5.41, 5.74) is 3.53. The minimum atomic E-state index is -1.22. The maximum atomic E-state index is 13.3. The van der Waals surface area contributed by atoms with E-state index in [1.165, 1.54) is 22.9 Å². The molecule has 0 amide bonds. The number of nitrogens with one attached hydrogen (secondary N) is 1. The molecule has 0 radical (unpaired) electrons. The number of carboxylic acids is 1. The molecular formula is C30H33ClN6O3S2. The number of halogens is 1. The third kappa shape index (κ3) is 5.10. The van der Waals surface area contributed by atoms with Gasteiger partial charge in [0.25, 0.3) is 0 Å². The minimum Gasteiger partial charge on any atom is -0.476 e. The highest BCUT2D eigenvalue weighted by atomic mass is 35.5. The van der Waals surface area contributed by atoms with E-state index in [4.69, 9.17) is 16.6 Å². The highest BCUT2D eigenvalue weighted by Crippen LogP contribution is 2.52. The molecule has 3 aromatic heterocycles. The van der Waals surface area contributed by atoms with E-state index in [1.807, 2.05) is 38.3 Å². The molecule has 6 rings (SSSR count). The lowest BCUT2D eigenvalue weighted by molar-refractivity contribution is 0.0686. The van der Waals surface area contributed by atoms with Crippen LogP contribution >= 0.6 is 23.4 Å². The maximum Gasteiger partial charge on any atom is 0.355 e. The summed E-state index contributed by atoms with van der Waals surface area (Å²) < 4.78 is 18.2. The van der Waals surface area contributed by atoms with E-state index >= 15 is 0 Å². The highest BCUT2D eigenvalue weighted by molar-refractivity contribution is 7.99. The van der Waals surface area contributed by atoms with Crippen LogP contribution in [0.4, 0.5) is 5.95 Å². The molecule has 1 fully saturated rings. The molecule has 0 bridgehead atoms. The van der Waals surface area contributed by atoms with Crippen molar-refractivity contribution in [2.24, 2.45) is 5.41 Å². The van der Waals surface area contributed by atoms with Crippen LogP contribution in [0, 0.1) is 12.3 Å². The monoisotopic (exact) mass is 624 g/mol. The van der Waals surface area contributed by atoms with Crippen molar-refractivity contribution in [1.29, 1.82) is 0 Å². The van der Waals surface area contributed by atoms with E-state index in [9.17, 15) is 14.1 Å². The summed E-state index contributed by atoms with van der Waals surface area (Å²) in [4.78, 5) is 29.2. The van der Waals surface area contributed by atoms with Crippen molar-refractivity contribution in [1.82, 2.24) is 24.1 Å². The number of pyridine rings is 1. The number of rotatable bonds is 6. The Morgan fingerprint density at radius 2 is 1.90 bits per heavy atom. The molecule has 42 heavy (non-hydrogen) atoms. The van der Waals surface area contributed by atoms with Gasteiger partial charge in [0, 0.05) is 36.6 Å². The first kappa shape index (κ1) is 29.1. The number of carboxylic acid groups (broad SMARTS) is 1. The average molecular weight is 625 g/mol. The lowest BCUT2D eigenvalue weighted by Crippen LogP contribution is -2.48. The maximum absolute atomic E-state index is 13.3. The van der Waals surface area contributed by atoms with Crippen molar-refractivity contribution >= 4 is 51.9 Å². The van der Waals surface area contributed by atoms with Gasteiger partial charge in [-0.1, -0.05) is 47.6 Å². The van der Waals surface area contributed by atoms with E-state index < -0.39 is 17.0 Å². The van der Waals surface area contributed by atoms with Gasteiger partial charge in [-0.05, 0) is 69.6 Å². The zero-order chi connectivity index (χ0) is 29.8. The Morgan fingerprint density at radius 1 is 1.17 bits per heavy atom. The number of benzene rings is 1. The summed E-state index contributed by atoms with van der Waals surface area (Å²) in [6.45, 7) is 9.12. The number of hydrogen-bond donors (Lipinski definition) is 2. The number of piperidine rings is 1. The quantitative estimate of drug-likeness (QED) is 0.274. The van der Waals surface area contributed by atoms with Crippen molar-refractivity contribution in [2.75, 3.05) is 18.0 Å². The molecule has 1 saturated heterocycles. The molecule has 12 heteroatoms. The topological polar surface area (TPSA) is 113 Å². The first-order valence-corrected chi connectivity index (χ1v) is 16.2. The molecule has 4 aromatic rings. The third-order valence-corrected chi connectivity index (χ3v) is 11.6. The largest absolute Gasteiger partial charge is 0.476 e. The van der Waals surface area contributed by atoms with Gasteiger partial charge in [0.05, 0.1) is 37.4 Å². The van der Waals surface area contributed by atoms with E-state index in [1.54, 1.807) is 18.5 Å². The first-order chi connectivity index (χ1) is 20.0. The summed E-state index contributed by atoms with van der Waals surface area (Å²) in [5.74, 6) is -0.575. The molecule has 1 aliphatic carbocycles. The molecule has 1 aliphatic heterocycles. The lowest BCUT2D eigenvalue weighted by Gasteiger charge is -2.44. The highest BCUT2D eigenvalue weighted by Gasteiger charge is 2.49. The molecule has 220 valence electrons. The van der Waals surface area contributed by atoms with Crippen LogP contribution in [0.2, 0.25) is 5.02 Å². The van der Waals surface area contributed by atoms with E-state index in [0.717, 1.165) is 19.3 Å². The zero-order valence-corrected chi connectivity index (χ0v) is 26.3. The van der Waals surface area contributed by atoms with Crippen LogP contribution in [0.5, 0.6) is 0 Å². The molecular weight excluding hydrogens is 592 g/mol. The second-order valence-electron chi connectivity index (χ2n) is 12.0. The Kier molecular flexibility index (Phi) is 7.57. The number of aryl methyl sites for hydroxylation is 1. The van der Waals surface area contributed by atoms with E-state index in [2.05, 4.69) is 43.9 Å². The number of hydrogen-bond acceptors (Lipinski definition) is 7. The molecule has 0 unspecified atom stereocenters. The molecule has 2 aliphatic rings. The number of anilines is 1. The van der Waals surface area contributed by atoms with Crippen molar-refractivity contribution in [3.8, 4) is 0 Å². The molecule has 1 aromatic carbocycles. The van der Waals surface area contributed by atoms with E-state index in [-0.39, 0.29) is 21.9 Å². The fraction of sp³-hybridized carbons (Fsp3) is 0.400. The number of fused-ring (bicyclic) bond motifs is 2. The molecule has 2 atom stereocenters. The molecule has 4 heterocycles. The van der Waals surface area contributed by atoms with Gasteiger partial charge in [0.2, 0.25) is 5.95 Å². The Morgan fingerprint density at radius 3 is 2.62 bits per heavy atom. The summed E-state index contributed by atoms with van der Waals surface area (Å²) >= 11 is 7.74. The van der Waals surface area contributed by atoms with Crippen LogP contribution in [0.15, 0.2) is 58.7 Å². The summed E-state index contributed by atoms with van der Waals surface area (Å²) in [6, 6.07) is 10.2. The van der Waals surface area contributed by atoms with Crippen molar-refractivity contribution in [3.63, 3.8) is 0 Å². The number of nitrogens with zero attached hydrogens (tertiary/aromatic N) is 5. The summed E-state index contributed by atoms with van der Waals surface area (Å²) in [7, 11) is -1.22. The van der Waals surface area contributed by atoms with Crippen LogP contribution in [0.3, 0.4) is 0 Å². The van der Waals surface area contributed by atoms with Crippen LogP contribution in [0.1, 0.15) is 67.0 Å². The van der Waals surface area contributed by atoms with Crippen LogP contribution < -0.4 is 9.62 Å². The van der Waals surface area contributed by atoms with Gasteiger partial charge in [-0.25, -0.2) is 23.7 Å². The fourth-order valence-electron chi connectivity index (χ4n) is 6.00. The van der Waals surface area contributed by atoms with Gasteiger partial charge in [0.15, 0.2) is 11.3 Å². The Hall–Kier alpha value is -2.99. The number of imidazole rings is 1. The standard InChI is InChI=1S/C30H33ClN6O3S2/c1-18-22(31)21(9-12-32-18)41-24-23(27(38)39)34-28(37-16-13-33-26(24)37)36-14-10-30(11-15-36)17-19-7-5-6-8-20(19)25(30)35-42(40)29(2,3)4/h5-9,12-13,16,25,35H,10-11,14-15,17H2,1-4H3,(H,38,39)/t25-,42-/m1/s1. The smallest absolute Gasteiger partial charge is 0.355 e. The number of aromatic nitrogens is 4. The SMILES string of the molecule is Cc1nccc(Sc2c(C(=O)O)nc(N3CCC4(CC3)Cc3ccccc3[C@H]4N[S@](=O)C(C)(C)C)n3ccnc23)c1Cl. The normalized spacial score (nSPS) is 18.9. The van der Waals surface area contributed by atoms with Gasteiger partial charge in [0.1, 0.15) is 0 Å². The second kappa shape index (κ2) is 10.9. The third-order valence-electron chi connectivity index (χ3n) is 8.27. The van der Waals surface area contributed by atoms with Crippen LogP contribution in [0.25, 0.3) is 5.65 Å². The Labute approximate surface area is 256 Å². The Bertz CT molecular complexity index is 1710. The van der Waals surface area contributed by atoms with E-state index in [0.29, 0.717) is 45.2 Å². The first-order valence-electron chi connectivity index (χ1n) is 13.9. The predicted octanol–water partition coefficient (Wildman–Crippen LogP) is 5.87. The predicted molar refractivity (Wildman–Crippen MR) is 166 cm³/mol. The van der Waals surface area contributed by atoms with Crippen LogP contribution in [-0.4, -0.2) is 52.5 Å². The van der Waals surface area contributed by atoms with Gasteiger partial charge < -0.3 is 10.0 Å². The fourth-order valence-corrected chi connectivity index (χ4v) is 8.23. The molecule has 1 spiro atoms. The Balaban J connectivity index is 1.33. The summed E-state index contributed by atoms with van der Waals surface area (Å²) in [5, 5.41) is 10.7. The minimum absolute atomic E-state index is 0.0287. The second-order valence-corrected chi connectivity index (χ2v) is 15.4. The number of carbonyl (C=O) groups is 1. The van der Waals surface area contributed by atoms with Gasteiger partial charge in [-0.15, -0.1) is 0 Å². The van der Waals surface area contributed by atoms with Crippen molar-refractivity contribution in [2.45, 2.75) is 67.5 Å². The lowest BCUT2D eigenvalue weighted by atomic mass is 9.73. The van der Waals surface area contributed by atoms with Crippen molar-refractivity contribution < 1.29 is 14.1 Å².